The average molecular weight is 411 g/mol. The molecule has 1 aromatic rings. The molecule has 0 aromatic heterocycles. The van der Waals surface area contributed by atoms with Gasteiger partial charge in [0.2, 0.25) is 0 Å². The molecule has 1 aliphatic carbocycles. The highest BCUT2D eigenvalue weighted by Crippen LogP contribution is 2.42. The number of carbonyl (C=O) groups excluding carboxylic acids is 1. The first-order valence-corrected chi connectivity index (χ1v) is 13.5. The molecule has 3 atom stereocenters. The first kappa shape index (κ1) is 22.1. The topological polar surface area (TPSA) is 67.4 Å². The molecular formula is C20H34N2O3SSi. The summed E-state index contributed by atoms with van der Waals surface area (Å²) in [4.78, 5) is 12.5. The molecule has 0 fully saturated rings. The molecule has 1 aliphatic rings. The summed E-state index contributed by atoms with van der Waals surface area (Å²) in [5.74, 6) is 0. The van der Waals surface area contributed by atoms with E-state index in [-0.39, 0.29) is 17.2 Å². The Hall–Kier alpha value is -1.18. The highest BCUT2D eigenvalue weighted by atomic mass is 32.2. The fourth-order valence-electron chi connectivity index (χ4n) is 2.80. The summed E-state index contributed by atoms with van der Waals surface area (Å²) in [7, 11) is -3.46. The third-order valence-electron chi connectivity index (χ3n) is 5.46. The molecule has 2 rings (SSSR count). The van der Waals surface area contributed by atoms with Crippen LogP contribution in [0.1, 0.15) is 58.7 Å². The molecule has 0 aliphatic heterocycles. The van der Waals surface area contributed by atoms with Crippen molar-refractivity contribution < 1.29 is 13.4 Å². The van der Waals surface area contributed by atoms with Gasteiger partial charge in [-0.2, -0.15) is 0 Å². The van der Waals surface area contributed by atoms with E-state index in [0.717, 1.165) is 12.0 Å². The molecule has 2 N–H and O–H groups in total. The van der Waals surface area contributed by atoms with E-state index in [1.807, 2.05) is 39.0 Å². The summed E-state index contributed by atoms with van der Waals surface area (Å²) in [6.07, 6.45) is 0.660. The minimum atomic E-state index is -2.00. The van der Waals surface area contributed by atoms with Gasteiger partial charge in [0.1, 0.15) is 11.0 Å². The summed E-state index contributed by atoms with van der Waals surface area (Å²) in [5, 5.41) is 3.10. The fourth-order valence-corrected chi connectivity index (χ4v) is 4.67. The van der Waals surface area contributed by atoms with Crippen LogP contribution in [0.4, 0.5) is 4.79 Å². The lowest BCUT2D eigenvalue weighted by Gasteiger charge is -2.40. The van der Waals surface area contributed by atoms with Gasteiger partial charge in [0.15, 0.2) is 8.32 Å². The lowest BCUT2D eigenvalue weighted by molar-refractivity contribution is 0.150. The van der Waals surface area contributed by atoms with Crippen molar-refractivity contribution in [2.24, 2.45) is 0 Å². The van der Waals surface area contributed by atoms with Crippen molar-refractivity contribution in [1.82, 2.24) is 10.0 Å². The van der Waals surface area contributed by atoms with E-state index in [9.17, 15) is 9.00 Å². The van der Waals surface area contributed by atoms with Gasteiger partial charge in [0, 0.05) is 6.42 Å². The normalized spacial score (nSPS) is 21.5. The molecule has 0 saturated heterocycles. The van der Waals surface area contributed by atoms with Gasteiger partial charge in [0.05, 0.1) is 16.9 Å². The lowest BCUT2D eigenvalue weighted by atomic mass is 10.1. The van der Waals surface area contributed by atoms with E-state index in [1.165, 1.54) is 5.56 Å². The van der Waals surface area contributed by atoms with Crippen LogP contribution in [0.15, 0.2) is 24.3 Å². The van der Waals surface area contributed by atoms with Gasteiger partial charge in [-0.3, -0.25) is 4.72 Å². The highest BCUT2D eigenvalue weighted by Gasteiger charge is 2.43. The Balaban J connectivity index is 2.21. The highest BCUT2D eigenvalue weighted by molar-refractivity contribution is 7.85. The molecule has 152 valence electrons. The summed E-state index contributed by atoms with van der Waals surface area (Å²) in [6, 6.07) is 7.45. The van der Waals surface area contributed by atoms with E-state index in [2.05, 4.69) is 50.0 Å². The minimum absolute atomic E-state index is 0.0856. The molecule has 0 saturated carbocycles. The number of carbonyl (C=O) groups is 1. The van der Waals surface area contributed by atoms with Crippen LogP contribution in [0.2, 0.25) is 18.1 Å². The minimum Gasteiger partial charge on any atom is -0.411 e. The first-order chi connectivity index (χ1) is 12.2. The van der Waals surface area contributed by atoms with Crippen LogP contribution in [0.3, 0.4) is 0 Å². The Kier molecular flexibility index (Phi) is 6.29. The van der Waals surface area contributed by atoms with Crippen molar-refractivity contribution in [1.29, 1.82) is 0 Å². The van der Waals surface area contributed by atoms with Gasteiger partial charge < -0.3 is 9.74 Å². The molecular weight excluding hydrogens is 376 g/mol. The van der Waals surface area contributed by atoms with Crippen molar-refractivity contribution >= 4 is 25.3 Å². The molecule has 7 heteroatoms. The monoisotopic (exact) mass is 410 g/mol. The Morgan fingerprint density at radius 1 is 1.15 bits per heavy atom. The van der Waals surface area contributed by atoms with E-state index >= 15 is 0 Å². The number of rotatable bonds is 4. The number of fused-ring (bicyclic) bond motifs is 1. The van der Waals surface area contributed by atoms with Crippen LogP contribution < -0.4 is 10.0 Å². The maximum atomic E-state index is 12.5. The standard InChI is InChI=1S/C20H34N2O3SSi/c1-19(2,3)26(24)22-18(23)21-17-15-12-10-9-11-14(15)13-16(17)25-27(7,8)20(4,5)6/h9-12,16-17H,13H2,1-8H3,(H2,21,22,23)/t16-,17+,26?/m1/s1. The van der Waals surface area contributed by atoms with Gasteiger partial charge in [-0.15, -0.1) is 0 Å². The third-order valence-corrected chi connectivity index (χ3v) is 11.5. The predicted molar refractivity (Wildman–Crippen MR) is 115 cm³/mol. The molecule has 2 amide bonds. The molecule has 5 nitrogen and oxygen atoms in total. The number of hydrogen-bond acceptors (Lipinski definition) is 3. The van der Waals surface area contributed by atoms with Gasteiger partial charge >= 0.3 is 6.03 Å². The number of benzene rings is 1. The SMILES string of the molecule is CC(C)(C)S(=O)NC(=O)N[C@H]1c2ccccc2C[C@H]1O[Si](C)(C)C(C)(C)C. The van der Waals surface area contributed by atoms with Crippen LogP contribution in [0.25, 0.3) is 0 Å². The van der Waals surface area contributed by atoms with Gasteiger partial charge in [-0.05, 0) is 50.0 Å². The van der Waals surface area contributed by atoms with Crippen molar-refractivity contribution in [2.75, 3.05) is 0 Å². The third kappa shape index (κ3) is 5.21. The summed E-state index contributed by atoms with van der Waals surface area (Å²) in [6.45, 7) is 16.6. The van der Waals surface area contributed by atoms with Crippen LogP contribution in [-0.2, 0) is 21.8 Å². The maximum absolute atomic E-state index is 12.5. The Morgan fingerprint density at radius 2 is 1.74 bits per heavy atom. The predicted octanol–water partition coefficient (Wildman–Crippen LogP) is 4.44. The molecule has 27 heavy (non-hydrogen) atoms. The summed E-state index contributed by atoms with van der Waals surface area (Å²) in [5.41, 5.74) is 2.28. The number of amides is 2. The number of hydrogen-bond donors (Lipinski definition) is 2. The first-order valence-electron chi connectivity index (χ1n) is 9.47. The Bertz CT molecular complexity index is 723. The summed E-state index contributed by atoms with van der Waals surface area (Å²) >= 11 is 0. The molecule has 0 spiro atoms. The van der Waals surface area contributed by atoms with Crippen molar-refractivity contribution in [2.45, 2.75) is 83.0 Å². The van der Waals surface area contributed by atoms with Crippen LogP contribution in [0.5, 0.6) is 0 Å². The molecule has 1 aromatic carbocycles. The fraction of sp³-hybridized carbons (Fsp3) is 0.650. The van der Waals surface area contributed by atoms with Gasteiger partial charge in [-0.1, -0.05) is 45.0 Å². The zero-order chi connectivity index (χ0) is 20.6. The molecule has 0 heterocycles. The van der Waals surface area contributed by atoms with E-state index in [0.29, 0.717) is 0 Å². The Morgan fingerprint density at radius 3 is 2.30 bits per heavy atom. The second-order valence-corrected chi connectivity index (χ2v) is 16.5. The average Bonchev–Trinajstić information content (AvgIpc) is 2.82. The molecule has 0 radical (unpaired) electrons. The van der Waals surface area contributed by atoms with Crippen molar-refractivity contribution in [3.63, 3.8) is 0 Å². The second-order valence-electron chi connectivity index (χ2n) is 9.75. The zero-order valence-corrected chi connectivity index (χ0v) is 19.6. The van der Waals surface area contributed by atoms with E-state index in [1.54, 1.807) is 0 Å². The van der Waals surface area contributed by atoms with Gasteiger partial charge in [-0.25, -0.2) is 9.00 Å². The quantitative estimate of drug-likeness (QED) is 0.721. The maximum Gasteiger partial charge on any atom is 0.327 e. The van der Waals surface area contributed by atoms with Crippen molar-refractivity contribution in [3.05, 3.63) is 35.4 Å². The zero-order valence-electron chi connectivity index (χ0n) is 17.8. The van der Waals surface area contributed by atoms with Gasteiger partial charge in [0.25, 0.3) is 0 Å². The largest absolute Gasteiger partial charge is 0.411 e. The van der Waals surface area contributed by atoms with Crippen molar-refractivity contribution in [3.8, 4) is 0 Å². The van der Waals surface area contributed by atoms with Crippen LogP contribution >= 0.6 is 0 Å². The number of nitrogens with one attached hydrogen (secondary N) is 2. The number of urea groups is 1. The molecule has 0 bridgehead atoms. The van der Waals surface area contributed by atoms with Crippen LogP contribution in [0, 0.1) is 0 Å². The smallest absolute Gasteiger partial charge is 0.327 e. The second kappa shape index (κ2) is 7.68. The van der Waals surface area contributed by atoms with E-state index in [4.69, 9.17) is 4.43 Å². The molecule has 1 unspecified atom stereocenters. The summed E-state index contributed by atoms with van der Waals surface area (Å²) < 4.78 is 21.0. The van der Waals surface area contributed by atoms with E-state index < -0.39 is 30.1 Å². The van der Waals surface area contributed by atoms with Crippen LogP contribution in [-0.4, -0.2) is 29.4 Å². The lowest BCUT2D eigenvalue weighted by Crippen LogP contribution is -2.49. The Labute approximate surface area is 167 Å².